The van der Waals surface area contributed by atoms with Crippen molar-refractivity contribution in [2.45, 2.75) is 50.5 Å². The van der Waals surface area contributed by atoms with Crippen molar-refractivity contribution in [3.8, 4) is 5.69 Å². The number of carboxylic acid groups (broad SMARTS) is 1. The average molecular weight is 579 g/mol. The van der Waals surface area contributed by atoms with Gasteiger partial charge in [0, 0.05) is 16.5 Å². The number of nitrogens with zero attached hydrogens (tertiary/aromatic N) is 4. The highest BCUT2D eigenvalue weighted by molar-refractivity contribution is 6.30. The van der Waals surface area contributed by atoms with Gasteiger partial charge in [-0.1, -0.05) is 72.9 Å². The molecule has 10 heteroatoms. The molecule has 40 heavy (non-hydrogen) atoms. The van der Waals surface area contributed by atoms with Crippen LogP contribution in [-0.4, -0.2) is 48.8 Å². The quantitative estimate of drug-likeness (QED) is 0.258. The second-order valence-electron chi connectivity index (χ2n) is 9.69. The summed E-state index contributed by atoms with van der Waals surface area (Å²) in [5.74, 6) is -1.42. The van der Waals surface area contributed by atoms with E-state index in [0.29, 0.717) is 22.9 Å². The van der Waals surface area contributed by atoms with E-state index in [0.717, 1.165) is 22.4 Å². The number of aliphatic carboxylic acids is 1. The number of rotatable bonds is 9. The number of carbonyl (C=O) groups is 2. The second-order valence-corrected chi connectivity index (χ2v) is 10.6. The average Bonchev–Trinajstić information content (AvgIpc) is 3.49. The fourth-order valence-corrected chi connectivity index (χ4v) is 5.40. The first kappa shape index (κ1) is 27.8. The molecule has 1 aromatic heterocycles. The topological polar surface area (TPSA) is 97.6 Å². The van der Waals surface area contributed by atoms with Gasteiger partial charge < -0.3 is 14.7 Å². The first-order valence-corrected chi connectivity index (χ1v) is 13.8. The normalized spacial score (nSPS) is 19.9. The van der Waals surface area contributed by atoms with Crippen molar-refractivity contribution in [3.05, 3.63) is 112 Å². The highest BCUT2D eigenvalue weighted by Gasteiger charge is 2.48. The molecule has 0 aliphatic carbocycles. The number of ether oxygens (including phenoxy) is 1. The monoisotopic (exact) mass is 578 g/mol. The first-order chi connectivity index (χ1) is 19.4. The van der Waals surface area contributed by atoms with Crippen molar-refractivity contribution in [3.63, 3.8) is 0 Å². The van der Waals surface area contributed by atoms with Crippen LogP contribution in [0.3, 0.4) is 0 Å². The number of carbonyl (C=O) groups excluding carboxylic acids is 1. The van der Waals surface area contributed by atoms with Gasteiger partial charge in [-0.25, -0.2) is 14.5 Å². The van der Waals surface area contributed by atoms with Gasteiger partial charge >= 0.3 is 5.97 Å². The highest BCUT2D eigenvalue weighted by Crippen LogP contribution is 2.44. The molecular formula is C30H28Cl2N4O4. The molecule has 1 saturated heterocycles. The number of morpholine rings is 1. The van der Waals surface area contributed by atoms with E-state index in [9.17, 15) is 14.7 Å². The molecule has 1 N–H and O–H groups in total. The summed E-state index contributed by atoms with van der Waals surface area (Å²) in [6, 6.07) is 20.2. The lowest BCUT2D eigenvalue weighted by Crippen LogP contribution is -2.57. The molecule has 0 radical (unpaired) electrons. The van der Waals surface area contributed by atoms with Crippen LogP contribution in [0.2, 0.25) is 10.0 Å². The van der Waals surface area contributed by atoms with E-state index in [1.54, 1.807) is 35.3 Å². The number of benzene rings is 3. The summed E-state index contributed by atoms with van der Waals surface area (Å²) in [5, 5.41) is 15.5. The molecular weight excluding hydrogens is 551 g/mol. The summed E-state index contributed by atoms with van der Waals surface area (Å²) in [5.41, 5.74) is 3.21. The summed E-state index contributed by atoms with van der Waals surface area (Å²) < 4.78 is 8.22. The Hall–Kier alpha value is -3.72. The van der Waals surface area contributed by atoms with Gasteiger partial charge in [0.05, 0.1) is 11.7 Å². The summed E-state index contributed by atoms with van der Waals surface area (Å²) in [6.45, 7) is 1.91. The van der Waals surface area contributed by atoms with Crippen LogP contribution < -0.4 is 0 Å². The van der Waals surface area contributed by atoms with Crippen LogP contribution in [-0.2, 0) is 20.7 Å². The Balaban J connectivity index is 1.56. The molecule has 4 aromatic rings. The third-order valence-electron chi connectivity index (χ3n) is 7.06. The molecule has 0 saturated carbocycles. The maximum Gasteiger partial charge on any atom is 0.326 e. The molecule has 0 unspecified atom stereocenters. The number of amides is 1. The van der Waals surface area contributed by atoms with Crippen LogP contribution in [0.5, 0.6) is 0 Å². The largest absolute Gasteiger partial charge is 0.480 e. The van der Waals surface area contributed by atoms with Crippen molar-refractivity contribution in [2.24, 2.45) is 0 Å². The molecule has 1 amide bonds. The predicted molar refractivity (Wildman–Crippen MR) is 151 cm³/mol. The molecule has 1 aliphatic rings. The summed E-state index contributed by atoms with van der Waals surface area (Å²) in [7, 11) is 0. The second kappa shape index (κ2) is 12.2. The zero-order valence-corrected chi connectivity index (χ0v) is 23.2. The Bertz CT molecular complexity index is 1440. The fourth-order valence-electron chi connectivity index (χ4n) is 5.15. The zero-order valence-electron chi connectivity index (χ0n) is 21.7. The maximum atomic E-state index is 14.2. The number of carboxylic acids is 1. The van der Waals surface area contributed by atoms with Crippen molar-refractivity contribution in [1.82, 2.24) is 19.7 Å². The molecule has 3 aromatic carbocycles. The molecule has 0 spiro atoms. The van der Waals surface area contributed by atoms with Crippen LogP contribution in [0.25, 0.3) is 5.69 Å². The van der Waals surface area contributed by atoms with Gasteiger partial charge in [0.25, 0.3) is 5.91 Å². The highest BCUT2D eigenvalue weighted by atomic mass is 35.5. The van der Waals surface area contributed by atoms with Crippen LogP contribution in [0, 0.1) is 0 Å². The van der Waals surface area contributed by atoms with Crippen molar-refractivity contribution in [2.75, 3.05) is 0 Å². The SMILES string of the molecule is CCC[C@@H](C(=O)O)N1C(=O)[C@@H](Cc2ccc(-n3cncn3)cc2)O[C@H](c2ccc(Cl)cc2)[C@@H]1c1ccc(Cl)cc1. The van der Waals surface area contributed by atoms with E-state index < -0.39 is 30.3 Å². The zero-order chi connectivity index (χ0) is 28.2. The summed E-state index contributed by atoms with van der Waals surface area (Å²) in [6.07, 6.45) is 2.68. The number of aromatic nitrogens is 3. The van der Waals surface area contributed by atoms with E-state index in [2.05, 4.69) is 10.1 Å². The molecule has 1 aliphatic heterocycles. The molecule has 8 nitrogen and oxygen atoms in total. The standard InChI is InChI=1S/C30H28Cl2N4O4/c1-2-3-25(30(38)39)36-27(20-6-10-22(31)11-7-20)28(21-8-12-23(32)13-9-21)40-26(29(36)37)16-19-4-14-24(15-5-19)35-18-33-17-34-35/h4-15,17-18,25-28H,2-3,16H2,1H3,(H,38,39)/t25-,26+,27-,28+/m0/s1. The van der Waals surface area contributed by atoms with E-state index >= 15 is 0 Å². The van der Waals surface area contributed by atoms with Gasteiger partial charge in [0.1, 0.15) is 30.9 Å². The Kier molecular flexibility index (Phi) is 8.49. The van der Waals surface area contributed by atoms with Gasteiger partial charge in [-0.2, -0.15) is 5.10 Å². The smallest absolute Gasteiger partial charge is 0.326 e. The number of halogens is 2. The van der Waals surface area contributed by atoms with Gasteiger partial charge in [0.2, 0.25) is 0 Å². The van der Waals surface area contributed by atoms with Crippen LogP contribution in [0.15, 0.2) is 85.5 Å². The Morgan fingerprint density at radius 2 is 1.60 bits per heavy atom. The van der Waals surface area contributed by atoms with Crippen molar-refractivity contribution in [1.29, 1.82) is 0 Å². The van der Waals surface area contributed by atoms with Gasteiger partial charge in [-0.05, 0) is 59.5 Å². The van der Waals surface area contributed by atoms with Gasteiger partial charge in [0.15, 0.2) is 0 Å². The van der Waals surface area contributed by atoms with Crippen LogP contribution in [0.1, 0.15) is 48.6 Å². The van der Waals surface area contributed by atoms with E-state index in [4.69, 9.17) is 27.9 Å². The van der Waals surface area contributed by atoms with Crippen molar-refractivity contribution >= 4 is 35.1 Å². The molecule has 2 heterocycles. The maximum absolute atomic E-state index is 14.2. The van der Waals surface area contributed by atoms with E-state index in [-0.39, 0.29) is 12.3 Å². The van der Waals surface area contributed by atoms with Gasteiger partial charge in [-0.15, -0.1) is 0 Å². The summed E-state index contributed by atoms with van der Waals surface area (Å²) >= 11 is 12.4. The number of hydrogen-bond acceptors (Lipinski definition) is 5. The third kappa shape index (κ3) is 5.89. The molecule has 0 bridgehead atoms. The van der Waals surface area contributed by atoms with Crippen molar-refractivity contribution < 1.29 is 19.4 Å². The predicted octanol–water partition coefficient (Wildman–Crippen LogP) is 6.08. The molecule has 1 fully saturated rings. The van der Waals surface area contributed by atoms with Crippen LogP contribution in [0.4, 0.5) is 0 Å². The lowest BCUT2D eigenvalue weighted by molar-refractivity contribution is -0.184. The minimum atomic E-state index is -1.05. The Morgan fingerprint density at radius 3 is 2.15 bits per heavy atom. The van der Waals surface area contributed by atoms with Crippen LogP contribution >= 0.6 is 23.2 Å². The van der Waals surface area contributed by atoms with Gasteiger partial charge in [-0.3, -0.25) is 4.79 Å². The first-order valence-electron chi connectivity index (χ1n) is 13.0. The Morgan fingerprint density at radius 1 is 0.975 bits per heavy atom. The molecule has 4 atom stereocenters. The van der Waals surface area contributed by atoms with E-state index in [1.807, 2.05) is 55.5 Å². The lowest BCUT2D eigenvalue weighted by atomic mass is 9.88. The minimum absolute atomic E-state index is 0.267. The number of hydrogen-bond donors (Lipinski definition) is 1. The summed E-state index contributed by atoms with van der Waals surface area (Å²) in [4.78, 5) is 32.2. The molecule has 5 rings (SSSR count). The lowest BCUT2D eigenvalue weighted by Gasteiger charge is -2.47. The molecule has 206 valence electrons. The Labute approximate surface area is 242 Å². The van der Waals surface area contributed by atoms with E-state index in [1.165, 1.54) is 11.2 Å². The minimum Gasteiger partial charge on any atom is -0.480 e. The third-order valence-corrected chi connectivity index (χ3v) is 7.56. The fraction of sp³-hybridized carbons (Fsp3) is 0.267.